The zero-order valence-corrected chi connectivity index (χ0v) is 27.0. The van der Waals surface area contributed by atoms with Crippen molar-refractivity contribution in [3.63, 3.8) is 0 Å². The van der Waals surface area contributed by atoms with Crippen LogP contribution in [-0.4, -0.2) is 0 Å². The van der Waals surface area contributed by atoms with Gasteiger partial charge in [0.05, 0.1) is 0 Å². The van der Waals surface area contributed by atoms with E-state index in [1.54, 1.807) is 0 Å². The molecule has 0 aliphatic heterocycles. The van der Waals surface area contributed by atoms with Gasteiger partial charge in [0, 0.05) is 0 Å². The third-order valence-corrected chi connectivity index (χ3v) is 18.4. The molecule has 0 N–H and O–H groups in total. The van der Waals surface area contributed by atoms with Crippen LogP contribution in [0.2, 0.25) is 0 Å². The zero-order valence-electron chi connectivity index (χ0n) is 24.5. The molecule has 0 bridgehead atoms. The number of halogens is 1. The number of benzene rings is 4. The van der Waals surface area contributed by atoms with Crippen LogP contribution in [0.1, 0.15) is 89.5 Å². The van der Waals surface area contributed by atoms with Gasteiger partial charge in [-0.05, 0) is 0 Å². The Hall–Kier alpha value is -2.21. The first-order chi connectivity index (χ1) is 19.7. The number of aryl methyl sites for hydroxylation is 1. The van der Waals surface area contributed by atoms with E-state index in [0.717, 1.165) is 6.42 Å². The zero-order chi connectivity index (χ0) is 28.0. The number of hydrogen-bond donors (Lipinski definition) is 0. The minimum absolute atomic E-state index is 1.16. The molecule has 40 heavy (non-hydrogen) atoms. The summed E-state index contributed by atoms with van der Waals surface area (Å²) in [4.78, 5) is 0. The molecule has 4 aromatic rings. The van der Waals surface area contributed by atoms with E-state index in [2.05, 4.69) is 138 Å². The van der Waals surface area contributed by atoms with Gasteiger partial charge in [0.2, 0.25) is 0 Å². The monoisotopic (exact) mass is 614 g/mol. The summed E-state index contributed by atoms with van der Waals surface area (Å²) in [6.07, 6.45) is 17.9. The van der Waals surface area contributed by atoms with Crippen LogP contribution in [0.4, 0.5) is 0 Å². The van der Waals surface area contributed by atoms with Crippen molar-refractivity contribution in [3.05, 3.63) is 121 Å². The molecular formula is C38H48BrP. The fraction of sp³-hybridized carbons (Fsp3) is 0.368. The summed E-state index contributed by atoms with van der Waals surface area (Å²) in [6.45, 7) is 2.29. The van der Waals surface area contributed by atoms with Crippen molar-refractivity contribution in [1.82, 2.24) is 0 Å². The van der Waals surface area contributed by atoms with Gasteiger partial charge in [0.1, 0.15) is 0 Å². The molecule has 0 amide bonds. The Morgan fingerprint density at radius 2 is 0.725 bits per heavy atom. The number of rotatable bonds is 17. The van der Waals surface area contributed by atoms with Crippen LogP contribution in [0.25, 0.3) is 0 Å². The average molecular weight is 616 g/mol. The molecule has 0 saturated heterocycles. The van der Waals surface area contributed by atoms with Crippen molar-refractivity contribution in [3.8, 4) is 0 Å². The van der Waals surface area contributed by atoms with Gasteiger partial charge < -0.3 is 0 Å². The Morgan fingerprint density at radius 1 is 0.400 bits per heavy atom. The van der Waals surface area contributed by atoms with E-state index in [0.29, 0.717) is 0 Å². The van der Waals surface area contributed by atoms with Crippen molar-refractivity contribution in [2.24, 2.45) is 0 Å². The van der Waals surface area contributed by atoms with Gasteiger partial charge >= 0.3 is 214 Å². The first kappa shape index (κ1) is 30.7. The van der Waals surface area contributed by atoms with Crippen LogP contribution in [0, 0.1) is 0 Å². The first-order valence-corrected chi connectivity index (χ1v) is 19.9. The molecule has 0 saturated carbocycles. The average Bonchev–Trinajstić information content (AvgIpc) is 3.03. The minimum atomic E-state index is -3.10. The molecule has 2 heteroatoms. The summed E-state index contributed by atoms with van der Waals surface area (Å²) in [5.41, 5.74) is 1.45. The second-order valence-electron chi connectivity index (χ2n) is 11.3. The molecule has 0 heterocycles. The van der Waals surface area contributed by atoms with Crippen molar-refractivity contribution >= 4 is 42.0 Å². The topological polar surface area (TPSA) is 0 Å². The summed E-state index contributed by atoms with van der Waals surface area (Å²) in [6, 6.07) is 42.7. The van der Waals surface area contributed by atoms with Crippen LogP contribution in [-0.2, 0) is 6.42 Å². The number of hydrogen-bond acceptors (Lipinski definition) is 0. The van der Waals surface area contributed by atoms with Crippen LogP contribution in [0.15, 0.2) is 115 Å². The summed E-state index contributed by atoms with van der Waals surface area (Å²) >= 11 is 4.60. The predicted molar refractivity (Wildman–Crippen MR) is 185 cm³/mol. The summed E-state index contributed by atoms with van der Waals surface area (Å²) in [7, 11) is 0. The van der Waals surface area contributed by atoms with Crippen LogP contribution >= 0.6 is 20.8 Å². The molecule has 0 spiro atoms. The van der Waals surface area contributed by atoms with Gasteiger partial charge in [-0.25, -0.2) is 0 Å². The maximum absolute atomic E-state index is 4.60. The molecule has 0 aromatic heterocycles. The summed E-state index contributed by atoms with van der Waals surface area (Å²) < 4.78 is 0. The summed E-state index contributed by atoms with van der Waals surface area (Å²) in [5, 5.41) is 2.25. The molecule has 0 unspecified atom stereocenters. The van der Waals surface area contributed by atoms with Crippen molar-refractivity contribution in [1.29, 1.82) is 0 Å². The van der Waals surface area contributed by atoms with E-state index in [4.69, 9.17) is 0 Å². The Balaban J connectivity index is 1.44. The second-order valence-corrected chi connectivity index (χ2v) is 19.7. The molecule has 0 aliphatic carbocycles. The Bertz CT molecular complexity index is 1140. The predicted octanol–water partition coefficient (Wildman–Crippen LogP) is 10.4. The molecule has 0 aliphatic rings. The van der Waals surface area contributed by atoms with E-state index < -0.39 is 5.31 Å². The Labute approximate surface area is 252 Å². The van der Waals surface area contributed by atoms with Gasteiger partial charge in [-0.1, -0.05) is 39.0 Å². The molecular weight excluding hydrogens is 567 g/mol. The standard InChI is InChI=1S/C38H48BrP/c1-2-3-4-5-6-7-8-9-10-11-12-16-23-34-30-32-38(33-31-34)40(39,35-24-17-13-18-25-35,36-26-19-14-20-27-36)37-28-21-15-22-29-37/h13-15,17-22,24-33H,2-12,16,23H2,1H3. The molecule has 0 radical (unpaired) electrons. The molecule has 0 fully saturated rings. The molecule has 4 aromatic carbocycles. The third kappa shape index (κ3) is 7.16. The fourth-order valence-electron chi connectivity index (χ4n) is 6.13. The SMILES string of the molecule is CCCCCCCCCCCCCCc1ccc(P(Br)(c2ccccc2)(c2ccccc2)c2ccccc2)cc1. The van der Waals surface area contributed by atoms with Crippen molar-refractivity contribution < 1.29 is 0 Å². The van der Waals surface area contributed by atoms with Crippen LogP contribution < -0.4 is 21.2 Å². The second kappa shape index (κ2) is 15.7. The molecule has 0 atom stereocenters. The quantitative estimate of drug-likeness (QED) is 0.0819. The van der Waals surface area contributed by atoms with Gasteiger partial charge in [-0.15, -0.1) is 0 Å². The van der Waals surface area contributed by atoms with Gasteiger partial charge in [-0.3, -0.25) is 0 Å². The van der Waals surface area contributed by atoms with E-state index in [1.807, 2.05) is 0 Å². The maximum atomic E-state index is 4.60. The van der Waals surface area contributed by atoms with Gasteiger partial charge in [0.25, 0.3) is 0 Å². The normalized spacial score (nSPS) is 12.6. The molecule has 0 nitrogen and oxygen atoms in total. The van der Waals surface area contributed by atoms with E-state index >= 15 is 0 Å². The van der Waals surface area contributed by atoms with Crippen molar-refractivity contribution in [2.45, 2.75) is 90.4 Å². The Morgan fingerprint density at radius 3 is 1.10 bits per heavy atom. The third-order valence-electron chi connectivity index (χ3n) is 8.46. The van der Waals surface area contributed by atoms with Crippen LogP contribution in [0.3, 0.4) is 0 Å². The van der Waals surface area contributed by atoms with Gasteiger partial charge in [-0.2, -0.15) is 0 Å². The first-order valence-electron chi connectivity index (χ1n) is 15.7. The van der Waals surface area contributed by atoms with Crippen LogP contribution in [0.5, 0.6) is 0 Å². The van der Waals surface area contributed by atoms with Gasteiger partial charge in [0.15, 0.2) is 0 Å². The van der Waals surface area contributed by atoms with Crippen molar-refractivity contribution in [2.75, 3.05) is 0 Å². The Kier molecular flexibility index (Phi) is 12.1. The molecule has 4 rings (SSSR count). The van der Waals surface area contributed by atoms with E-state index in [-0.39, 0.29) is 0 Å². The molecule has 212 valence electrons. The van der Waals surface area contributed by atoms with E-state index in [9.17, 15) is 0 Å². The summed E-state index contributed by atoms with van der Waals surface area (Å²) in [5.74, 6) is 0. The van der Waals surface area contributed by atoms with E-state index in [1.165, 1.54) is 104 Å². The number of unbranched alkanes of at least 4 members (excludes halogenated alkanes) is 11. The fourth-order valence-corrected chi connectivity index (χ4v) is 13.7.